The molecule has 0 bridgehead atoms. The Hall–Kier alpha value is -2.31. The highest BCUT2D eigenvalue weighted by atomic mass is 19.3. The predicted molar refractivity (Wildman–Crippen MR) is 70.2 cm³/mol. The highest BCUT2D eigenvalue weighted by Crippen LogP contribution is 2.32. The van der Waals surface area contributed by atoms with E-state index in [1.807, 2.05) is 0 Å². The van der Waals surface area contributed by atoms with Gasteiger partial charge in [0.2, 0.25) is 0 Å². The van der Waals surface area contributed by atoms with Gasteiger partial charge in [0.05, 0.1) is 19.0 Å². The highest BCUT2D eigenvalue weighted by Gasteiger charge is 2.15. The molecule has 0 fully saturated rings. The van der Waals surface area contributed by atoms with Crippen LogP contribution in [-0.2, 0) is 13.6 Å². The van der Waals surface area contributed by atoms with Crippen LogP contribution in [0.3, 0.4) is 0 Å². The molecular weight excluding hydrogens is 268 g/mol. The second kappa shape index (κ2) is 6.23. The molecule has 2 aromatic rings. The van der Waals surface area contributed by atoms with E-state index in [2.05, 4.69) is 15.2 Å². The van der Waals surface area contributed by atoms with Crippen LogP contribution in [0, 0.1) is 0 Å². The number of halogens is 2. The van der Waals surface area contributed by atoms with E-state index in [1.165, 1.54) is 7.11 Å². The predicted octanol–water partition coefficient (Wildman–Crippen LogP) is 2.64. The van der Waals surface area contributed by atoms with Gasteiger partial charge in [0.25, 0.3) is 0 Å². The van der Waals surface area contributed by atoms with Crippen LogP contribution in [0.4, 0.5) is 14.5 Å². The maximum atomic E-state index is 12.5. The van der Waals surface area contributed by atoms with Gasteiger partial charge in [-0.3, -0.25) is 4.68 Å². The van der Waals surface area contributed by atoms with E-state index >= 15 is 0 Å². The number of rotatable bonds is 6. The van der Waals surface area contributed by atoms with Gasteiger partial charge in [0, 0.05) is 25.4 Å². The molecule has 2 rings (SSSR count). The molecule has 0 aliphatic heterocycles. The molecule has 0 amide bonds. The lowest BCUT2D eigenvalue weighted by molar-refractivity contribution is -0.0517. The van der Waals surface area contributed by atoms with E-state index in [4.69, 9.17) is 4.74 Å². The van der Waals surface area contributed by atoms with Crippen LogP contribution >= 0.6 is 0 Å². The molecule has 1 heterocycles. The van der Waals surface area contributed by atoms with Crippen LogP contribution in [-0.4, -0.2) is 23.5 Å². The topological polar surface area (TPSA) is 48.3 Å². The van der Waals surface area contributed by atoms with Crippen LogP contribution in [0.1, 0.15) is 5.56 Å². The largest absolute Gasteiger partial charge is 0.493 e. The third kappa shape index (κ3) is 3.37. The van der Waals surface area contributed by atoms with Crippen molar-refractivity contribution in [3.63, 3.8) is 0 Å². The zero-order valence-corrected chi connectivity index (χ0v) is 11.1. The van der Waals surface area contributed by atoms with Crippen molar-refractivity contribution in [3.8, 4) is 11.5 Å². The molecule has 0 aliphatic rings. The molecule has 0 radical (unpaired) electrons. The normalized spacial score (nSPS) is 10.7. The van der Waals surface area contributed by atoms with E-state index in [0.29, 0.717) is 12.1 Å². The first-order valence-electron chi connectivity index (χ1n) is 5.93. The van der Waals surface area contributed by atoms with E-state index in [-0.39, 0.29) is 11.5 Å². The molecular formula is C13H15F2N3O2. The fraction of sp³-hybridized carbons (Fsp3) is 0.308. The van der Waals surface area contributed by atoms with Crippen LogP contribution < -0.4 is 14.8 Å². The summed E-state index contributed by atoms with van der Waals surface area (Å²) in [5.41, 5.74) is 1.37. The van der Waals surface area contributed by atoms with Crippen LogP contribution in [0.2, 0.25) is 0 Å². The van der Waals surface area contributed by atoms with Gasteiger partial charge in [0.15, 0.2) is 11.5 Å². The number of aromatic nitrogens is 2. The second-order valence-corrected chi connectivity index (χ2v) is 4.08. The van der Waals surface area contributed by atoms with E-state index in [9.17, 15) is 8.78 Å². The third-order valence-electron chi connectivity index (χ3n) is 2.68. The van der Waals surface area contributed by atoms with Crippen LogP contribution in [0.15, 0.2) is 30.6 Å². The van der Waals surface area contributed by atoms with Crippen molar-refractivity contribution in [2.45, 2.75) is 13.2 Å². The lowest BCUT2D eigenvalue weighted by Crippen LogP contribution is -2.08. The Bertz CT molecular complexity index is 572. The van der Waals surface area contributed by atoms with E-state index in [1.54, 1.807) is 42.3 Å². The molecule has 20 heavy (non-hydrogen) atoms. The number of hydrogen-bond donors (Lipinski definition) is 1. The molecule has 0 saturated heterocycles. The smallest absolute Gasteiger partial charge is 0.387 e. The lowest BCUT2D eigenvalue weighted by Gasteiger charge is -2.14. The molecule has 1 aromatic heterocycles. The zero-order valence-electron chi connectivity index (χ0n) is 11.1. The number of benzene rings is 1. The summed E-state index contributed by atoms with van der Waals surface area (Å²) in [7, 11) is 3.20. The molecule has 1 aromatic carbocycles. The first-order valence-corrected chi connectivity index (χ1v) is 5.93. The minimum Gasteiger partial charge on any atom is -0.493 e. The maximum Gasteiger partial charge on any atom is 0.387 e. The Kier molecular flexibility index (Phi) is 4.39. The molecule has 0 aliphatic carbocycles. The third-order valence-corrected chi connectivity index (χ3v) is 2.68. The standard InChI is InChI=1S/C13H15F2N3O2/c1-18-8-10(7-17-18)16-6-9-4-3-5-11(19-2)12(9)20-13(14)15/h3-5,7-8,13,16H,6H2,1-2H3. The van der Waals surface area contributed by atoms with Crippen LogP contribution in [0.5, 0.6) is 11.5 Å². The van der Waals surface area contributed by atoms with Crippen molar-refractivity contribution in [1.82, 2.24) is 9.78 Å². The van der Waals surface area contributed by atoms with Crippen molar-refractivity contribution in [2.24, 2.45) is 7.05 Å². The quantitative estimate of drug-likeness (QED) is 0.885. The number of aryl methyl sites for hydroxylation is 1. The molecule has 0 unspecified atom stereocenters. The zero-order chi connectivity index (χ0) is 14.5. The number of methoxy groups -OCH3 is 1. The molecule has 5 nitrogen and oxygen atoms in total. The van der Waals surface area contributed by atoms with Gasteiger partial charge in [-0.15, -0.1) is 0 Å². The van der Waals surface area contributed by atoms with Gasteiger partial charge < -0.3 is 14.8 Å². The second-order valence-electron chi connectivity index (χ2n) is 4.08. The summed E-state index contributed by atoms with van der Waals surface area (Å²) in [5.74, 6) is 0.317. The van der Waals surface area contributed by atoms with Gasteiger partial charge in [-0.25, -0.2) is 0 Å². The number of nitrogens with one attached hydrogen (secondary N) is 1. The van der Waals surface area contributed by atoms with Crippen molar-refractivity contribution < 1.29 is 18.3 Å². The van der Waals surface area contributed by atoms with Crippen molar-refractivity contribution in [3.05, 3.63) is 36.2 Å². The van der Waals surface area contributed by atoms with E-state index < -0.39 is 6.61 Å². The SMILES string of the molecule is COc1cccc(CNc2cnn(C)c2)c1OC(F)F. The summed E-state index contributed by atoms with van der Waals surface area (Å²) in [4.78, 5) is 0. The minimum absolute atomic E-state index is 0.0430. The average Bonchev–Trinajstić information content (AvgIpc) is 2.82. The Morgan fingerprint density at radius 2 is 2.20 bits per heavy atom. The Morgan fingerprint density at radius 3 is 2.80 bits per heavy atom. The molecule has 7 heteroatoms. The number of hydrogen-bond acceptors (Lipinski definition) is 4. The molecule has 108 valence electrons. The molecule has 0 atom stereocenters. The fourth-order valence-electron chi connectivity index (χ4n) is 1.79. The number of nitrogens with zero attached hydrogens (tertiary/aromatic N) is 2. The lowest BCUT2D eigenvalue weighted by atomic mass is 10.2. The van der Waals surface area contributed by atoms with Crippen molar-refractivity contribution in [2.75, 3.05) is 12.4 Å². The summed E-state index contributed by atoms with van der Waals surface area (Å²) < 4.78 is 36.2. The monoisotopic (exact) mass is 283 g/mol. The molecule has 1 N–H and O–H groups in total. The highest BCUT2D eigenvalue weighted by molar-refractivity contribution is 5.49. The molecule has 0 saturated carbocycles. The number of anilines is 1. The first kappa shape index (κ1) is 14.1. The van der Waals surface area contributed by atoms with Crippen LogP contribution in [0.25, 0.3) is 0 Å². The Morgan fingerprint density at radius 1 is 1.40 bits per heavy atom. The van der Waals surface area contributed by atoms with Gasteiger partial charge in [-0.2, -0.15) is 13.9 Å². The summed E-state index contributed by atoms with van der Waals surface area (Å²) in [6.45, 7) is -2.58. The number of alkyl halides is 2. The first-order chi connectivity index (χ1) is 9.60. The Balaban J connectivity index is 2.17. The van der Waals surface area contributed by atoms with Gasteiger partial charge >= 0.3 is 6.61 Å². The number of ether oxygens (including phenoxy) is 2. The maximum absolute atomic E-state index is 12.5. The fourth-order valence-corrected chi connectivity index (χ4v) is 1.79. The molecule has 0 spiro atoms. The van der Waals surface area contributed by atoms with Gasteiger partial charge in [-0.1, -0.05) is 12.1 Å². The summed E-state index contributed by atoms with van der Waals surface area (Å²) in [5, 5.41) is 7.09. The van der Waals surface area contributed by atoms with Crippen molar-refractivity contribution >= 4 is 5.69 Å². The average molecular weight is 283 g/mol. The minimum atomic E-state index is -2.90. The summed E-state index contributed by atoms with van der Waals surface area (Å²) >= 11 is 0. The van der Waals surface area contributed by atoms with Gasteiger partial charge in [0.1, 0.15) is 0 Å². The Labute approximate surface area is 115 Å². The summed E-state index contributed by atoms with van der Waals surface area (Å²) in [6.07, 6.45) is 3.43. The van der Waals surface area contributed by atoms with Crippen molar-refractivity contribution in [1.29, 1.82) is 0 Å². The van der Waals surface area contributed by atoms with E-state index in [0.717, 1.165) is 5.69 Å². The van der Waals surface area contributed by atoms with Gasteiger partial charge in [-0.05, 0) is 6.07 Å². The summed E-state index contributed by atoms with van der Waals surface area (Å²) in [6, 6.07) is 4.99. The number of para-hydroxylation sites is 1.